The van der Waals surface area contributed by atoms with E-state index >= 15 is 0 Å². The second-order valence-corrected chi connectivity index (χ2v) is 8.53. The fourth-order valence-corrected chi connectivity index (χ4v) is 4.61. The van der Waals surface area contributed by atoms with Crippen LogP contribution in [0.15, 0.2) is 58.5 Å². The van der Waals surface area contributed by atoms with Crippen molar-refractivity contribution in [3.05, 3.63) is 64.6 Å². The van der Waals surface area contributed by atoms with Gasteiger partial charge in [-0.1, -0.05) is 30.4 Å². The molecule has 1 saturated heterocycles. The van der Waals surface area contributed by atoms with Crippen molar-refractivity contribution in [2.45, 2.75) is 24.5 Å². The summed E-state index contributed by atoms with van der Waals surface area (Å²) < 4.78 is 0. The second kappa shape index (κ2) is 9.26. The molecule has 4 rings (SSSR count). The summed E-state index contributed by atoms with van der Waals surface area (Å²) in [6.45, 7) is 2.04. The van der Waals surface area contributed by atoms with Crippen LogP contribution in [-0.4, -0.2) is 53.2 Å². The van der Waals surface area contributed by atoms with Crippen LogP contribution >= 0.6 is 11.8 Å². The number of hydrogen-bond acceptors (Lipinski definition) is 4. The zero-order chi connectivity index (χ0) is 20.9. The number of aliphatic imine (C=N–C) groups is 1. The van der Waals surface area contributed by atoms with Crippen LogP contribution in [0.1, 0.15) is 35.2 Å². The minimum Gasteiger partial charge on any atom is -0.352 e. The molecule has 1 N–H and O–H groups in total. The number of carbonyl (C=O) groups excluding carboxylic acids is 3. The van der Waals surface area contributed by atoms with Crippen LogP contribution in [-0.2, 0) is 9.59 Å². The molecular formula is C23H23N3O3S. The Balaban J connectivity index is 1.31. The van der Waals surface area contributed by atoms with Crippen LogP contribution in [0.3, 0.4) is 0 Å². The van der Waals surface area contributed by atoms with Crippen molar-refractivity contribution in [2.24, 2.45) is 4.99 Å². The van der Waals surface area contributed by atoms with E-state index in [0.29, 0.717) is 30.0 Å². The molecule has 1 fully saturated rings. The summed E-state index contributed by atoms with van der Waals surface area (Å²) in [5.74, 6) is -0.165. The first-order chi connectivity index (χ1) is 14.6. The monoisotopic (exact) mass is 421 g/mol. The number of likely N-dealkylation sites (tertiary alicyclic amines) is 1. The Morgan fingerprint density at radius 1 is 1.23 bits per heavy atom. The molecule has 0 saturated carbocycles. The maximum atomic E-state index is 12.3. The predicted molar refractivity (Wildman–Crippen MR) is 119 cm³/mol. The van der Waals surface area contributed by atoms with Crippen LogP contribution in [0, 0.1) is 0 Å². The maximum Gasteiger partial charge on any atom is 0.283 e. The van der Waals surface area contributed by atoms with Gasteiger partial charge < -0.3 is 10.2 Å². The number of rotatable bonds is 6. The van der Waals surface area contributed by atoms with E-state index in [-0.39, 0.29) is 23.0 Å². The molecule has 6 nitrogen and oxygen atoms in total. The van der Waals surface area contributed by atoms with Gasteiger partial charge in [0.1, 0.15) is 0 Å². The summed E-state index contributed by atoms with van der Waals surface area (Å²) in [5.41, 5.74) is 2.20. The molecule has 2 aliphatic heterocycles. The maximum absolute atomic E-state index is 12.3. The molecule has 1 aromatic carbocycles. The Labute approximate surface area is 179 Å². The smallest absolute Gasteiger partial charge is 0.283 e. The number of hydrogen-bond donors (Lipinski definition) is 1. The normalized spacial score (nSPS) is 21.7. The molecular weight excluding hydrogens is 398 g/mol. The van der Waals surface area contributed by atoms with E-state index in [0.717, 1.165) is 30.7 Å². The van der Waals surface area contributed by atoms with Crippen LogP contribution in [0.4, 0.5) is 0 Å². The molecule has 0 bridgehead atoms. The van der Waals surface area contributed by atoms with Gasteiger partial charge in [-0.3, -0.25) is 14.4 Å². The van der Waals surface area contributed by atoms with Crippen LogP contribution in [0.2, 0.25) is 0 Å². The third-order valence-corrected chi connectivity index (χ3v) is 6.38. The molecule has 154 valence electrons. The highest BCUT2D eigenvalue weighted by Gasteiger charge is 2.25. The molecule has 0 radical (unpaired) electrons. The van der Waals surface area contributed by atoms with Crippen molar-refractivity contribution in [2.75, 3.05) is 19.6 Å². The number of carbonyl (C=O) groups is 3. The highest BCUT2D eigenvalue weighted by atomic mass is 32.2. The average molecular weight is 422 g/mol. The number of thioether (sulfide) groups is 1. The highest BCUT2D eigenvalue weighted by molar-refractivity contribution is 8.05. The van der Waals surface area contributed by atoms with E-state index in [2.05, 4.69) is 10.3 Å². The molecule has 1 aromatic rings. The first kappa shape index (κ1) is 20.3. The molecule has 0 spiro atoms. The molecule has 0 aromatic heterocycles. The molecule has 1 atom stereocenters. The minimum atomic E-state index is -0.232. The van der Waals surface area contributed by atoms with Crippen molar-refractivity contribution >= 4 is 41.3 Å². The minimum absolute atomic E-state index is 0.0693. The van der Waals surface area contributed by atoms with Crippen molar-refractivity contribution in [1.82, 2.24) is 10.2 Å². The summed E-state index contributed by atoms with van der Waals surface area (Å²) in [4.78, 5) is 42.8. The molecule has 1 unspecified atom stereocenters. The van der Waals surface area contributed by atoms with Gasteiger partial charge in [-0.15, -0.1) is 11.8 Å². The lowest BCUT2D eigenvalue weighted by Gasteiger charge is -2.20. The topological polar surface area (TPSA) is 78.8 Å². The molecule has 7 heteroatoms. The van der Waals surface area contributed by atoms with Crippen LogP contribution < -0.4 is 5.32 Å². The average Bonchev–Trinajstić information content (AvgIpc) is 3.17. The third-order valence-electron chi connectivity index (χ3n) is 5.18. The first-order valence-corrected chi connectivity index (χ1v) is 11.0. The number of nitrogens with zero attached hydrogens (tertiary/aromatic N) is 2. The molecule has 3 amide bonds. The van der Waals surface area contributed by atoms with Gasteiger partial charge in [0.15, 0.2) is 0 Å². The van der Waals surface area contributed by atoms with Gasteiger partial charge in [0.25, 0.3) is 11.8 Å². The van der Waals surface area contributed by atoms with Crippen molar-refractivity contribution in [3.63, 3.8) is 0 Å². The van der Waals surface area contributed by atoms with Gasteiger partial charge in [0.2, 0.25) is 5.91 Å². The Morgan fingerprint density at radius 3 is 2.83 bits per heavy atom. The quantitative estimate of drug-likeness (QED) is 0.566. The second-order valence-electron chi connectivity index (χ2n) is 7.35. The van der Waals surface area contributed by atoms with E-state index in [1.807, 2.05) is 47.4 Å². The third kappa shape index (κ3) is 4.79. The molecule has 1 aliphatic carbocycles. The standard InChI is InChI=1S/C23H23N3O3S/c27-21-7-3-13-26(21)14-4-12-24-22(28)17-10-8-16(9-11-17)15-20-23(29)25-18-5-1-2-6-19(18)30-20/h1-2,5-6,8-11,15,19H,3-4,7,12-14H2,(H,24,28)/b20-15+. The van der Waals surface area contributed by atoms with Crippen LogP contribution in [0.5, 0.6) is 0 Å². The van der Waals surface area contributed by atoms with E-state index < -0.39 is 0 Å². The number of benzene rings is 1. The lowest BCUT2D eigenvalue weighted by Crippen LogP contribution is -2.30. The Bertz CT molecular complexity index is 976. The zero-order valence-corrected chi connectivity index (χ0v) is 17.4. The van der Waals surface area contributed by atoms with Gasteiger partial charge in [0, 0.05) is 31.6 Å². The van der Waals surface area contributed by atoms with E-state index in [4.69, 9.17) is 0 Å². The Kier molecular flexibility index (Phi) is 6.28. The number of amides is 3. The SMILES string of the molecule is O=C1N=C2C=CC=CC2S/C1=C/c1ccc(C(=O)NCCCN2CCCC2=O)cc1. The summed E-state index contributed by atoms with van der Waals surface area (Å²) in [6, 6.07) is 7.16. The van der Waals surface area contributed by atoms with E-state index in [1.165, 1.54) is 11.8 Å². The first-order valence-electron chi connectivity index (χ1n) is 10.1. The van der Waals surface area contributed by atoms with Gasteiger partial charge in [0.05, 0.1) is 15.9 Å². The van der Waals surface area contributed by atoms with Gasteiger partial charge in [-0.25, -0.2) is 4.99 Å². The number of nitrogens with one attached hydrogen (secondary N) is 1. The van der Waals surface area contributed by atoms with Gasteiger partial charge in [-0.05, 0) is 42.7 Å². The Hall–Kier alpha value is -2.93. The fourth-order valence-electron chi connectivity index (χ4n) is 3.56. The summed E-state index contributed by atoms with van der Waals surface area (Å²) in [6.07, 6.45) is 11.9. The summed E-state index contributed by atoms with van der Waals surface area (Å²) in [7, 11) is 0. The predicted octanol–water partition coefficient (Wildman–Crippen LogP) is 2.98. The largest absolute Gasteiger partial charge is 0.352 e. The molecule has 3 aliphatic rings. The lowest BCUT2D eigenvalue weighted by atomic mass is 10.1. The molecule has 30 heavy (non-hydrogen) atoms. The number of allylic oxidation sites excluding steroid dienone is 3. The zero-order valence-electron chi connectivity index (χ0n) is 16.5. The van der Waals surface area contributed by atoms with E-state index in [9.17, 15) is 14.4 Å². The van der Waals surface area contributed by atoms with E-state index in [1.54, 1.807) is 12.1 Å². The van der Waals surface area contributed by atoms with Crippen molar-refractivity contribution in [3.8, 4) is 0 Å². The molecule has 2 heterocycles. The van der Waals surface area contributed by atoms with Crippen molar-refractivity contribution < 1.29 is 14.4 Å². The van der Waals surface area contributed by atoms with Gasteiger partial charge in [-0.2, -0.15) is 0 Å². The Morgan fingerprint density at radius 2 is 2.07 bits per heavy atom. The highest BCUT2D eigenvalue weighted by Crippen LogP contribution is 2.32. The fraction of sp³-hybridized carbons (Fsp3) is 0.304. The lowest BCUT2D eigenvalue weighted by molar-refractivity contribution is -0.127. The summed E-state index contributed by atoms with van der Waals surface area (Å²) in [5, 5.41) is 2.96. The number of fused-ring (bicyclic) bond motifs is 1. The van der Waals surface area contributed by atoms with Crippen molar-refractivity contribution in [1.29, 1.82) is 0 Å². The summed E-state index contributed by atoms with van der Waals surface area (Å²) >= 11 is 1.49. The van der Waals surface area contributed by atoms with Crippen LogP contribution in [0.25, 0.3) is 6.08 Å². The van der Waals surface area contributed by atoms with Gasteiger partial charge >= 0.3 is 0 Å².